The van der Waals surface area contributed by atoms with Gasteiger partial charge in [0, 0.05) is 10.8 Å². The first kappa shape index (κ1) is 26.4. The molecule has 2 nitrogen and oxygen atoms in total. The van der Waals surface area contributed by atoms with Crippen LogP contribution in [0.25, 0.3) is 82.5 Å². The summed E-state index contributed by atoms with van der Waals surface area (Å²) in [5, 5.41) is 6.13. The maximum atomic E-state index is 5.27. The molecule has 0 saturated heterocycles. The van der Waals surface area contributed by atoms with Crippen LogP contribution >= 0.6 is 0 Å². The molecule has 0 unspecified atom stereocenters. The van der Waals surface area contributed by atoms with Gasteiger partial charge in [-0.1, -0.05) is 146 Å². The van der Waals surface area contributed by atoms with E-state index in [1.165, 1.54) is 88.1 Å². The van der Waals surface area contributed by atoms with Gasteiger partial charge in [0.15, 0.2) is 0 Å². The topological polar surface area (TPSA) is 17.3 Å². The quantitative estimate of drug-likeness (QED) is 0.165. The van der Waals surface area contributed by atoms with Gasteiger partial charge < -0.3 is 0 Å². The monoisotopic (exact) mass is 632 g/mol. The van der Waals surface area contributed by atoms with Gasteiger partial charge in [-0.3, -0.25) is 4.40 Å². The molecular formula is C48H28N2. The lowest BCUT2D eigenvalue weighted by Gasteiger charge is -2.30. The van der Waals surface area contributed by atoms with Crippen molar-refractivity contribution in [3.63, 3.8) is 0 Å². The van der Waals surface area contributed by atoms with E-state index in [0.29, 0.717) is 0 Å². The molecule has 0 N–H and O–H groups in total. The van der Waals surface area contributed by atoms with Crippen LogP contribution in [0.15, 0.2) is 170 Å². The van der Waals surface area contributed by atoms with Gasteiger partial charge in [-0.15, -0.1) is 0 Å². The fourth-order valence-electron chi connectivity index (χ4n) is 9.57. The average molecular weight is 633 g/mol. The summed E-state index contributed by atoms with van der Waals surface area (Å²) < 4.78 is 2.39. The largest absolute Gasteiger partial charge is 0.292 e. The average Bonchev–Trinajstić information content (AvgIpc) is 3.82. The van der Waals surface area contributed by atoms with Crippen molar-refractivity contribution in [1.29, 1.82) is 0 Å². The number of pyridine rings is 1. The second-order valence-electron chi connectivity index (χ2n) is 13.8. The Hall–Kier alpha value is -6.51. The van der Waals surface area contributed by atoms with Crippen molar-refractivity contribution in [3.05, 3.63) is 192 Å². The van der Waals surface area contributed by atoms with E-state index in [4.69, 9.17) is 4.98 Å². The smallest absolute Gasteiger partial charge is 0.147 e. The first-order valence-corrected chi connectivity index (χ1v) is 17.4. The van der Waals surface area contributed by atoms with Gasteiger partial charge in [0.1, 0.15) is 5.65 Å². The van der Waals surface area contributed by atoms with Crippen molar-refractivity contribution in [2.45, 2.75) is 5.41 Å². The summed E-state index contributed by atoms with van der Waals surface area (Å²) in [4.78, 5) is 5.27. The molecule has 8 aromatic carbocycles. The minimum Gasteiger partial charge on any atom is -0.292 e. The lowest BCUT2D eigenvalue weighted by atomic mass is 9.70. The predicted molar refractivity (Wildman–Crippen MR) is 207 cm³/mol. The first-order valence-electron chi connectivity index (χ1n) is 17.4. The summed E-state index contributed by atoms with van der Waals surface area (Å²) in [7, 11) is 0. The minimum atomic E-state index is -0.364. The molecule has 12 rings (SSSR count). The van der Waals surface area contributed by atoms with E-state index in [2.05, 4.69) is 174 Å². The lowest BCUT2D eigenvalue weighted by molar-refractivity contribution is 0.794. The summed E-state index contributed by atoms with van der Waals surface area (Å²) in [5.41, 5.74) is 17.1. The maximum Gasteiger partial charge on any atom is 0.147 e. The summed E-state index contributed by atoms with van der Waals surface area (Å²) in [6.07, 6.45) is 0. The Kier molecular flexibility index (Phi) is 4.94. The molecule has 0 bridgehead atoms. The van der Waals surface area contributed by atoms with E-state index >= 15 is 0 Å². The second-order valence-corrected chi connectivity index (χ2v) is 13.8. The van der Waals surface area contributed by atoms with Crippen molar-refractivity contribution < 1.29 is 0 Å². The molecule has 10 aromatic rings. The summed E-state index contributed by atoms with van der Waals surface area (Å²) in [5.74, 6) is 0. The SMILES string of the molecule is c1ccc2c(c1)-c1ccccc1C21c2ccccc2-c2ccc(-c3ccc4c5ccc6ccccc6c5c5nc6ccccc6n5c4c3)cc21. The van der Waals surface area contributed by atoms with Gasteiger partial charge in [0.05, 0.1) is 22.0 Å². The third-order valence-corrected chi connectivity index (χ3v) is 11.6. The molecular weight excluding hydrogens is 605 g/mol. The van der Waals surface area contributed by atoms with Crippen molar-refractivity contribution in [1.82, 2.24) is 9.38 Å². The Bertz CT molecular complexity index is 3040. The normalized spacial score (nSPS) is 13.8. The third kappa shape index (κ3) is 3.13. The van der Waals surface area contributed by atoms with Crippen LogP contribution in [-0.2, 0) is 5.41 Å². The van der Waals surface area contributed by atoms with Crippen molar-refractivity contribution >= 4 is 49.1 Å². The number of para-hydroxylation sites is 2. The Balaban J connectivity index is 1.17. The molecule has 50 heavy (non-hydrogen) atoms. The van der Waals surface area contributed by atoms with Gasteiger partial charge in [-0.2, -0.15) is 0 Å². The van der Waals surface area contributed by atoms with Gasteiger partial charge in [-0.25, -0.2) is 4.98 Å². The highest BCUT2D eigenvalue weighted by Crippen LogP contribution is 2.63. The Morgan fingerprint density at radius 1 is 0.400 bits per heavy atom. The number of hydrogen-bond acceptors (Lipinski definition) is 1. The minimum absolute atomic E-state index is 0.364. The second kappa shape index (κ2) is 9.34. The molecule has 0 amide bonds. The summed E-state index contributed by atoms with van der Waals surface area (Å²) in [6, 6.07) is 63.0. The molecule has 0 fully saturated rings. The van der Waals surface area contributed by atoms with E-state index < -0.39 is 0 Å². The number of benzene rings is 8. The summed E-state index contributed by atoms with van der Waals surface area (Å²) >= 11 is 0. The lowest BCUT2D eigenvalue weighted by Crippen LogP contribution is -2.25. The third-order valence-electron chi connectivity index (χ3n) is 11.6. The van der Waals surface area contributed by atoms with E-state index in [-0.39, 0.29) is 5.41 Å². The highest BCUT2D eigenvalue weighted by atomic mass is 15.0. The number of nitrogens with zero attached hydrogens (tertiary/aromatic N) is 2. The number of imidazole rings is 1. The van der Waals surface area contributed by atoms with Crippen LogP contribution in [0.3, 0.4) is 0 Å². The van der Waals surface area contributed by atoms with Gasteiger partial charge in [0.25, 0.3) is 0 Å². The van der Waals surface area contributed by atoms with Crippen molar-refractivity contribution in [2.75, 3.05) is 0 Å². The number of fused-ring (bicyclic) bond motifs is 20. The molecule has 0 saturated carbocycles. The molecule has 0 aliphatic heterocycles. The number of hydrogen-bond donors (Lipinski definition) is 0. The van der Waals surface area contributed by atoms with Crippen LogP contribution in [-0.4, -0.2) is 9.38 Å². The zero-order valence-electron chi connectivity index (χ0n) is 27.1. The van der Waals surface area contributed by atoms with Gasteiger partial charge in [-0.05, 0) is 96.1 Å². The van der Waals surface area contributed by atoms with E-state index in [9.17, 15) is 0 Å². The van der Waals surface area contributed by atoms with Crippen LogP contribution in [0, 0.1) is 0 Å². The van der Waals surface area contributed by atoms with E-state index in [1.807, 2.05) is 0 Å². The van der Waals surface area contributed by atoms with Crippen LogP contribution in [0.2, 0.25) is 0 Å². The van der Waals surface area contributed by atoms with Crippen molar-refractivity contribution in [3.8, 4) is 33.4 Å². The molecule has 230 valence electrons. The highest BCUT2D eigenvalue weighted by Gasteiger charge is 2.51. The first-order chi connectivity index (χ1) is 24.8. The molecule has 2 heteroatoms. The van der Waals surface area contributed by atoms with Crippen LogP contribution in [0.4, 0.5) is 0 Å². The standard InChI is InChI=1S/C48H28N2/c1-2-12-32-29(11-1)21-26-38-37-25-23-31(28-45(37)50-44-20-10-9-19-43(44)49-47(50)46(32)38)30-22-24-36-35-15-5-8-18-41(35)48(42(36)27-30)39-16-6-3-13-33(39)34-14-4-7-17-40(34)48/h1-28H. The van der Waals surface area contributed by atoms with Gasteiger partial charge >= 0.3 is 0 Å². The summed E-state index contributed by atoms with van der Waals surface area (Å²) in [6.45, 7) is 0. The molecule has 2 aliphatic carbocycles. The zero-order chi connectivity index (χ0) is 32.6. The van der Waals surface area contributed by atoms with Crippen LogP contribution < -0.4 is 0 Å². The van der Waals surface area contributed by atoms with E-state index in [1.54, 1.807) is 0 Å². The molecule has 1 spiro atoms. The Morgan fingerprint density at radius 2 is 0.980 bits per heavy atom. The fraction of sp³-hybridized carbons (Fsp3) is 0.0208. The Morgan fingerprint density at radius 3 is 1.74 bits per heavy atom. The maximum absolute atomic E-state index is 5.27. The highest BCUT2D eigenvalue weighted by molar-refractivity contribution is 6.23. The van der Waals surface area contributed by atoms with Crippen LogP contribution in [0.5, 0.6) is 0 Å². The molecule has 2 heterocycles. The Labute approximate surface area is 288 Å². The number of aromatic nitrogens is 2. The molecule has 0 atom stereocenters. The molecule has 2 aromatic heterocycles. The number of rotatable bonds is 1. The molecule has 0 radical (unpaired) electrons. The predicted octanol–water partition coefficient (Wildman–Crippen LogP) is 12.0. The van der Waals surface area contributed by atoms with Gasteiger partial charge in [0.2, 0.25) is 0 Å². The fourth-order valence-corrected chi connectivity index (χ4v) is 9.57. The van der Waals surface area contributed by atoms with Crippen LogP contribution in [0.1, 0.15) is 22.3 Å². The molecule has 2 aliphatic rings. The van der Waals surface area contributed by atoms with Crippen molar-refractivity contribution in [2.24, 2.45) is 0 Å². The zero-order valence-corrected chi connectivity index (χ0v) is 27.1. The van der Waals surface area contributed by atoms with E-state index in [0.717, 1.165) is 16.7 Å².